The lowest BCUT2D eigenvalue weighted by Crippen LogP contribution is -2.06. The van der Waals surface area contributed by atoms with Gasteiger partial charge in [-0.15, -0.1) is 0 Å². The third kappa shape index (κ3) is 3.23. The van der Waals surface area contributed by atoms with E-state index in [1.165, 1.54) is 12.1 Å². The van der Waals surface area contributed by atoms with Gasteiger partial charge in [0.25, 0.3) is 0 Å². The molecule has 0 atom stereocenters. The summed E-state index contributed by atoms with van der Waals surface area (Å²) in [5.41, 5.74) is 1.95. The molecular formula is C15H11BrClFO. The standard InChI is InChI=1S/C15H11BrClFO/c1-9-12(3-2-4-14(9)17)15(19)8-10-7-11(18)5-6-13(10)16/h2-7H,8H2,1H3. The molecule has 0 aromatic heterocycles. The Balaban J connectivity index is 2.31. The fourth-order valence-electron chi connectivity index (χ4n) is 1.86. The molecule has 98 valence electrons. The van der Waals surface area contributed by atoms with Crippen molar-refractivity contribution in [1.82, 2.24) is 0 Å². The summed E-state index contributed by atoms with van der Waals surface area (Å²) in [5, 5.41) is 0.559. The van der Waals surface area contributed by atoms with E-state index in [4.69, 9.17) is 11.6 Å². The van der Waals surface area contributed by atoms with E-state index in [1.807, 2.05) is 0 Å². The molecule has 0 radical (unpaired) electrons. The molecule has 0 fully saturated rings. The first-order valence-electron chi connectivity index (χ1n) is 5.71. The Morgan fingerprint density at radius 3 is 2.79 bits per heavy atom. The first kappa shape index (κ1) is 14.2. The van der Waals surface area contributed by atoms with Crippen molar-refractivity contribution in [2.75, 3.05) is 0 Å². The van der Waals surface area contributed by atoms with Crippen LogP contribution in [0.4, 0.5) is 4.39 Å². The highest BCUT2D eigenvalue weighted by Crippen LogP contribution is 2.23. The SMILES string of the molecule is Cc1c(Cl)cccc1C(=O)Cc1cc(F)ccc1Br. The van der Waals surface area contributed by atoms with E-state index in [-0.39, 0.29) is 18.0 Å². The van der Waals surface area contributed by atoms with Crippen LogP contribution in [0.5, 0.6) is 0 Å². The lowest BCUT2D eigenvalue weighted by molar-refractivity contribution is 0.0992. The number of carbonyl (C=O) groups excluding carboxylic acids is 1. The van der Waals surface area contributed by atoms with Gasteiger partial charge in [0.1, 0.15) is 5.82 Å². The molecule has 4 heteroatoms. The van der Waals surface area contributed by atoms with Crippen LogP contribution in [0.3, 0.4) is 0 Å². The highest BCUT2D eigenvalue weighted by Gasteiger charge is 2.13. The van der Waals surface area contributed by atoms with E-state index in [9.17, 15) is 9.18 Å². The zero-order valence-corrected chi connectivity index (χ0v) is 12.6. The van der Waals surface area contributed by atoms with E-state index in [0.717, 1.165) is 10.0 Å². The normalized spacial score (nSPS) is 10.5. The summed E-state index contributed by atoms with van der Waals surface area (Å²) in [6.45, 7) is 1.80. The fraction of sp³-hybridized carbons (Fsp3) is 0.133. The summed E-state index contributed by atoms with van der Waals surface area (Å²) in [5.74, 6) is -0.430. The smallest absolute Gasteiger partial charge is 0.167 e. The molecule has 0 unspecified atom stereocenters. The van der Waals surface area contributed by atoms with Crippen LogP contribution < -0.4 is 0 Å². The predicted octanol–water partition coefficient (Wildman–Crippen LogP) is 4.98. The first-order chi connectivity index (χ1) is 8.99. The minimum atomic E-state index is -0.353. The zero-order valence-electron chi connectivity index (χ0n) is 10.2. The molecule has 0 spiro atoms. The van der Waals surface area contributed by atoms with Crippen molar-refractivity contribution >= 4 is 33.3 Å². The molecule has 0 aliphatic carbocycles. The number of hydrogen-bond acceptors (Lipinski definition) is 1. The van der Waals surface area contributed by atoms with Gasteiger partial charge in [-0.3, -0.25) is 4.79 Å². The van der Waals surface area contributed by atoms with Gasteiger partial charge in [-0.05, 0) is 42.3 Å². The second-order valence-electron chi connectivity index (χ2n) is 4.25. The van der Waals surface area contributed by atoms with Gasteiger partial charge in [0.2, 0.25) is 0 Å². The van der Waals surface area contributed by atoms with Crippen molar-refractivity contribution in [2.45, 2.75) is 13.3 Å². The molecule has 0 saturated carbocycles. The Kier molecular flexibility index (Phi) is 4.38. The third-order valence-electron chi connectivity index (χ3n) is 2.93. The molecule has 0 bridgehead atoms. The number of carbonyl (C=O) groups is 1. The average Bonchev–Trinajstić information content (AvgIpc) is 2.37. The van der Waals surface area contributed by atoms with Gasteiger partial charge < -0.3 is 0 Å². The maximum Gasteiger partial charge on any atom is 0.167 e. The number of Topliss-reactive ketones (excluding diaryl/α,β-unsaturated/α-hetero) is 1. The Morgan fingerprint density at radius 1 is 1.32 bits per heavy atom. The average molecular weight is 342 g/mol. The van der Waals surface area contributed by atoms with E-state index in [1.54, 1.807) is 31.2 Å². The highest BCUT2D eigenvalue weighted by molar-refractivity contribution is 9.10. The van der Waals surface area contributed by atoms with Crippen LogP contribution >= 0.6 is 27.5 Å². The van der Waals surface area contributed by atoms with Gasteiger partial charge in [0.15, 0.2) is 5.78 Å². The maximum atomic E-state index is 13.2. The van der Waals surface area contributed by atoms with Crippen LogP contribution in [0, 0.1) is 12.7 Å². The minimum absolute atomic E-state index is 0.0775. The van der Waals surface area contributed by atoms with Crippen LogP contribution in [-0.2, 0) is 6.42 Å². The summed E-state index contributed by atoms with van der Waals surface area (Å²) in [6, 6.07) is 9.53. The molecule has 0 aliphatic rings. The Labute approximate surface area is 124 Å². The van der Waals surface area contributed by atoms with E-state index in [0.29, 0.717) is 16.1 Å². The number of halogens is 3. The third-order valence-corrected chi connectivity index (χ3v) is 4.11. The molecule has 1 nitrogen and oxygen atoms in total. The molecule has 0 amide bonds. The molecule has 2 rings (SSSR count). The van der Waals surface area contributed by atoms with Gasteiger partial charge >= 0.3 is 0 Å². The summed E-state index contributed by atoms with van der Waals surface area (Å²) in [7, 11) is 0. The van der Waals surface area contributed by atoms with Crippen LogP contribution in [0.1, 0.15) is 21.5 Å². The molecule has 0 saturated heterocycles. The van der Waals surface area contributed by atoms with Crippen molar-refractivity contribution in [2.24, 2.45) is 0 Å². The van der Waals surface area contributed by atoms with Crippen molar-refractivity contribution in [1.29, 1.82) is 0 Å². The summed E-state index contributed by atoms with van der Waals surface area (Å²) >= 11 is 9.32. The lowest BCUT2D eigenvalue weighted by Gasteiger charge is -2.08. The van der Waals surface area contributed by atoms with E-state index in [2.05, 4.69) is 15.9 Å². The topological polar surface area (TPSA) is 17.1 Å². The molecule has 2 aromatic carbocycles. The molecule has 0 heterocycles. The second-order valence-corrected chi connectivity index (χ2v) is 5.51. The minimum Gasteiger partial charge on any atom is -0.294 e. The van der Waals surface area contributed by atoms with Crippen LogP contribution in [0.15, 0.2) is 40.9 Å². The molecule has 19 heavy (non-hydrogen) atoms. The van der Waals surface area contributed by atoms with Crippen LogP contribution in [-0.4, -0.2) is 5.78 Å². The summed E-state index contributed by atoms with van der Waals surface area (Å²) in [6.07, 6.45) is 0.138. The maximum absolute atomic E-state index is 13.2. The zero-order chi connectivity index (χ0) is 14.0. The number of benzene rings is 2. The number of ketones is 1. The molecule has 0 N–H and O–H groups in total. The van der Waals surface area contributed by atoms with Gasteiger partial charge in [0.05, 0.1) is 0 Å². The van der Waals surface area contributed by atoms with Crippen molar-refractivity contribution in [3.63, 3.8) is 0 Å². The molecule has 2 aromatic rings. The van der Waals surface area contributed by atoms with Crippen molar-refractivity contribution in [3.8, 4) is 0 Å². The molecule has 0 aliphatic heterocycles. The van der Waals surface area contributed by atoms with Gasteiger partial charge in [-0.25, -0.2) is 4.39 Å². The lowest BCUT2D eigenvalue weighted by atomic mass is 9.99. The number of rotatable bonds is 3. The second kappa shape index (κ2) is 5.85. The van der Waals surface area contributed by atoms with Crippen LogP contribution in [0.2, 0.25) is 5.02 Å². The van der Waals surface area contributed by atoms with Gasteiger partial charge in [0, 0.05) is 21.5 Å². The fourth-order valence-corrected chi connectivity index (χ4v) is 2.42. The van der Waals surface area contributed by atoms with E-state index >= 15 is 0 Å². The van der Waals surface area contributed by atoms with Gasteiger partial charge in [-0.2, -0.15) is 0 Å². The Hall–Kier alpha value is -1.19. The Bertz CT molecular complexity index is 640. The van der Waals surface area contributed by atoms with Crippen molar-refractivity contribution < 1.29 is 9.18 Å². The highest BCUT2D eigenvalue weighted by atomic mass is 79.9. The quantitative estimate of drug-likeness (QED) is 0.720. The van der Waals surface area contributed by atoms with E-state index < -0.39 is 0 Å². The Morgan fingerprint density at radius 2 is 2.05 bits per heavy atom. The number of hydrogen-bond donors (Lipinski definition) is 0. The van der Waals surface area contributed by atoms with Gasteiger partial charge in [-0.1, -0.05) is 39.7 Å². The molecular weight excluding hydrogens is 331 g/mol. The van der Waals surface area contributed by atoms with Crippen LogP contribution in [0.25, 0.3) is 0 Å². The summed E-state index contributed by atoms with van der Waals surface area (Å²) < 4.78 is 13.9. The largest absolute Gasteiger partial charge is 0.294 e. The van der Waals surface area contributed by atoms with Crippen molar-refractivity contribution in [3.05, 3.63) is 68.4 Å². The summed E-state index contributed by atoms with van der Waals surface area (Å²) in [4.78, 5) is 12.2. The monoisotopic (exact) mass is 340 g/mol. The predicted molar refractivity (Wildman–Crippen MR) is 78.3 cm³/mol. The first-order valence-corrected chi connectivity index (χ1v) is 6.88.